The molecule has 0 atom stereocenters. The summed E-state index contributed by atoms with van der Waals surface area (Å²) in [6.07, 6.45) is 0. The number of benzene rings is 3. The normalized spacial score (nSPS) is 14.0. The number of rotatable bonds is 7. The van der Waals surface area contributed by atoms with Gasteiger partial charge in [-0.3, -0.25) is 4.79 Å². The monoisotopic (exact) mass is 441 g/mol. The number of esters is 1. The Morgan fingerprint density at radius 2 is 1.70 bits per heavy atom. The van der Waals surface area contributed by atoms with E-state index in [1.165, 1.54) is 5.56 Å². The summed E-state index contributed by atoms with van der Waals surface area (Å²) in [4.78, 5) is 27.3. The predicted molar refractivity (Wildman–Crippen MR) is 132 cm³/mol. The number of fused-ring (bicyclic) bond motifs is 1. The van der Waals surface area contributed by atoms with Gasteiger partial charge in [0.2, 0.25) is 0 Å². The fourth-order valence-corrected chi connectivity index (χ4v) is 3.85. The molecule has 168 valence electrons. The zero-order valence-electron chi connectivity index (χ0n) is 19.0. The molecule has 1 aliphatic rings. The van der Waals surface area contributed by atoms with E-state index in [4.69, 9.17) is 4.74 Å². The van der Waals surface area contributed by atoms with Crippen LogP contribution >= 0.6 is 0 Å². The van der Waals surface area contributed by atoms with E-state index in [0.29, 0.717) is 29.1 Å². The van der Waals surface area contributed by atoms with Crippen molar-refractivity contribution in [2.75, 3.05) is 31.3 Å². The first-order valence-electron chi connectivity index (χ1n) is 10.9. The highest BCUT2D eigenvalue weighted by molar-refractivity contribution is 6.37. The molecule has 1 aliphatic heterocycles. The van der Waals surface area contributed by atoms with Gasteiger partial charge >= 0.3 is 5.97 Å². The molecule has 0 aromatic heterocycles. The SMILES string of the molecule is CCOC(=O)c1ccc2c(c1)NC(=O)C2=C(Nc1ccc(CN(C)C)cc1)c1ccccc1. The van der Waals surface area contributed by atoms with Gasteiger partial charge in [0.15, 0.2) is 0 Å². The second kappa shape index (κ2) is 9.71. The largest absolute Gasteiger partial charge is 0.462 e. The number of nitrogens with zero attached hydrogens (tertiary/aromatic N) is 1. The van der Waals surface area contributed by atoms with E-state index in [9.17, 15) is 9.59 Å². The smallest absolute Gasteiger partial charge is 0.338 e. The number of nitrogens with one attached hydrogen (secondary N) is 2. The summed E-state index contributed by atoms with van der Waals surface area (Å²) in [5.41, 5.74) is 5.95. The number of carbonyl (C=O) groups is 2. The van der Waals surface area contributed by atoms with Crippen LogP contribution in [0.2, 0.25) is 0 Å². The van der Waals surface area contributed by atoms with E-state index in [1.54, 1.807) is 25.1 Å². The maximum absolute atomic E-state index is 13.1. The van der Waals surface area contributed by atoms with Crippen LogP contribution in [0, 0.1) is 0 Å². The van der Waals surface area contributed by atoms with E-state index in [1.807, 2.05) is 56.6 Å². The zero-order valence-corrected chi connectivity index (χ0v) is 19.0. The molecular weight excluding hydrogens is 414 g/mol. The van der Waals surface area contributed by atoms with E-state index in [-0.39, 0.29) is 5.91 Å². The van der Waals surface area contributed by atoms with Gasteiger partial charge in [0, 0.05) is 17.8 Å². The number of ether oxygens (including phenoxy) is 1. The number of hydrogen-bond donors (Lipinski definition) is 2. The lowest BCUT2D eigenvalue weighted by Gasteiger charge is -2.16. The van der Waals surface area contributed by atoms with Crippen molar-refractivity contribution >= 4 is 34.5 Å². The molecule has 0 saturated heterocycles. The highest BCUT2D eigenvalue weighted by Gasteiger charge is 2.29. The van der Waals surface area contributed by atoms with E-state index in [2.05, 4.69) is 27.7 Å². The predicted octanol–water partition coefficient (Wildman–Crippen LogP) is 4.86. The van der Waals surface area contributed by atoms with Gasteiger partial charge < -0.3 is 20.3 Å². The second-order valence-electron chi connectivity index (χ2n) is 8.11. The Kier molecular flexibility index (Phi) is 6.56. The first-order chi connectivity index (χ1) is 16.0. The summed E-state index contributed by atoms with van der Waals surface area (Å²) in [5, 5.41) is 6.36. The van der Waals surface area contributed by atoms with Crippen LogP contribution in [0.3, 0.4) is 0 Å². The Balaban J connectivity index is 1.76. The van der Waals surface area contributed by atoms with Gasteiger partial charge in [-0.05, 0) is 56.4 Å². The van der Waals surface area contributed by atoms with E-state index in [0.717, 1.165) is 23.4 Å². The average molecular weight is 442 g/mol. The van der Waals surface area contributed by atoms with E-state index < -0.39 is 5.97 Å². The van der Waals surface area contributed by atoms with Gasteiger partial charge in [0.1, 0.15) is 0 Å². The molecule has 3 aromatic rings. The van der Waals surface area contributed by atoms with Crippen molar-refractivity contribution in [3.8, 4) is 0 Å². The topological polar surface area (TPSA) is 70.7 Å². The van der Waals surface area contributed by atoms with Gasteiger partial charge in [-0.15, -0.1) is 0 Å². The van der Waals surface area contributed by atoms with Crippen LogP contribution < -0.4 is 10.6 Å². The Morgan fingerprint density at radius 3 is 2.36 bits per heavy atom. The van der Waals surface area contributed by atoms with Crippen molar-refractivity contribution in [2.24, 2.45) is 0 Å². The number of amides is 1. The van der Waals surface area contributed by atoms with Crippen molar-refractivity contribution in [3.63, 3.8) is 0 Å². The van der Waals surface area contributed by atoms with Crippen LogP contribution in [0.1, 0.15) is 34.0 Å². The summed E-state index contributed by atoms with van der Waals surface area (Å²) in [6, 6.07) is 23.1. The Morgan fingerprint density at radius 1 is 0.970 bits per heavy atom. The van der Waals surface area contributed by atoms with Gasteiger partial charge in [-0.1, -0.05) is 48.5 Å². The summed E-state index contributed by atoms with van der Waals surface area (Å²) in [5.74, 6) is -0.632. The molecule has 0 radical (unpaired) electrons. The third-order valence-electron chi connectivity index (χ3n) is 5.31. The van der Waals surface area contributed by atoms with Gasteiger partial charge in [0.05, 0.1) is 29.1 Å². The summed E-state index contributed by atoms with van der Waals surface area (Å²) in [6.45, 7) is 2.91. The second-order valence-corrected chi connectivity index (χ2v) is 8.11. The molecule has 6 heteroatoms. The Bertz CT molecular complexity index is 1200. The number of carbonyl (C=O) groups excluding carboxylic acids is 2. The lowest BCUT2D eigenvalue weighted by molar-refractivity contribution is -0.110. The molecule has 2 N–H and O–H groups in total. The minimum Gasteiger partial charge on any atom is -0.462 e. The minimum absolute atomic E-state index is 0.221. The molecular formula is C27H27N3O3. The molecule has 0 fully saturated rings. The van der Waals surface area contributed by atoms with Crippen molar-refractivity contribution in [1.29, 1.82) is 0 Å². The van der Waals surface area contributed by atoms with Crippen LogP contribution in [-0.2, 0) is 16.1 Å². The molecule has 0 unspecified atom stereocenters. The third-order valence-corrected chi connectivity index (χ3v) is 5.31. The molecule has 6 nitrogen and oxygen atoms in total. The van der Waals surface area contributed by atoms with Crippen molar-refractivity contribution in [2.45, 2.75) is 13.5 Å². The third kappa shape index (κ3) is 4.96. The summed E-state index contributed by atoms with van der Waals surface area (Å²) < 4.78 is 5.09. The maximum Gasteiger partial charge on any atom is 0.338 e. The highest BCUT2D eigenvalue weighted by Crippen LogP contribution is 2.38. The summed E-state index contributed by atoms with van der Waals surface area (Å²) in [7, 11) is 4.07. The molecule has 0 saturated carbocycles. The highest BCUT2D eigenvalue weighted by atomic mass is 16.5. The number of hydrogen-bond acceptors (Lipinski definition) is 5. The van der Waals surface area contributed by atoms with Crippen molar-refractivity contribution in [3.05, 3.63) is 95.1 Å². The average Bonchev–Trinajstić information content (AvgIpc) is 3.13. The maximum atomic E-state index is 13.1. The Hall–Kier alpha value is -3.90. The van der Waals surface area contributed by atoms with Crippen molar-refractivity contribution < 1.29 is 14.3 Å². The van der Waals surface area contributed by atoms with Crippen LogP contribution in [0.25, 0.3) is 11.3 Å². The first-order valence-corrected chi connectivity index (χ1v) is 10.9. The molecule has 3 aromatic carbocycles. The quantitative estimate of drug-likeness (QED) is 0.405. The molecule has 4 rings (SSSR count). The Labute approximate surface area is 193 Å². The fourth-order valence-electron chi connectivity index (χ4n) is 3.85. The molecule has 1 amide bonds. The number of anilines is 2. The molecule has 0 aliphatic carbocycles. The van der Waals surface area contributed by atoms with Crippen LogP contribution in [0.15, 0.2) is 72.8 Å². The van der Waals surface area contributed by atoms with E-state index >= 15 is 0 Å². The molecule has 1 heterocycles. The lowest BCUT2D eigenvalue weighted by atomic mass is 9.99. The van der Waals surface area contributed by atoms with Gasteiger partial charge in [-0.2, -0.15) is 0 Å². The zero-order chi connectivity index (χ0) is 23.4. The first kappa shape index (κ1) is 22.3. The van der Waals surface area contributed by atoms with Crippen molar-refractivity contribution in [1.82, 2.24) is 4.90 Å². The fraction of sp³-hybridized carbons (Fsp3) is 0.185. The molecule has 33 heavy (non-hydrogen) atoms. The van der Waals surface area contributed by atoms with Gasteiger partial charge in [0.25, 0.3) is 5.91 Å². The van der Waals surface area contributed by atoms with Crippen LogP contribution in [0.4, 0.5) is 11.4 Å². The van der Waals surface area contributed by atoms with Crippen LogP contribution in [-0.4, -0.2) is 37.5 Å². The molecule has 0 bridgehead atoms. The van der Waals surface area contributed by atoms with Gasteiger partial charge in [-0.25, -0.2) is 4.79 Å². The van der Waals surface area contributed by atoms with Crippen LogP contribution in [0.5, 0.6) is 0 Å². The standard InChI is InChI=1S/C27H27N3O3/c1-4-33-27(32)20-12-15-22-23(16-20)29-26(31)24(22)25(19-8-6-5-7-9-19)28-21-13-10-18(11-14-21)17-30(2)3/h5-16,28H,4,17H2,1-3H3,(H,29,31). The summed E-state index contributed by atoms with van der Waals surface area (Å²) >= 11 is 0. The molecule has 0 spiro atoms. The minimum atomic E-state index is -0.411. The lowest BCUT2D eigenvalue weighted by Crippen LogP contribution is -2.11.